The predicted octanol–water partition coefficient (Wildman–Crippen LogP) is 3.43. The van der Waals surface area contributed by atoms with Gasteiger partial charge in [-0.2, -0.15) is 0 Å². The first-order chi connectivity index (χ1) is 9.28. The van der Waals surface area contributed by atoms with Gasteiger partial charge < -0.3 is 10.2 Å². The third-order valence-corrected chi connectivity index (χ3v) is 3.56. The van der Waals surface area contributed by atoms with Crippen LogP contribution in [0.2, 0.25) is 5.02 Å². The Morgan fingerprint density at radius 2 is 1.95 bits per heavy atom. The highest BCUT2D eigenvalue weighted by molar-refractivity contribution is 6.31. The number of carbonyl (C=O) groups excluding carboxylic acids is 1. The summed E-state index contributed by atoms with van der Waals surface area (Å²) in [6.45, 7) is 1.31. The van der Waals surface area contributed by atoms with Crippen LogP contribution in [0.4, 0.5) is 11.4 Å². The van der Waals surface area contributed by atoms with Crippen LogP contribution in [0.1, 0.15) is 11.1 Å². The van der Waals surface area contributed by atoms with Crippen molar-refractivity contribution in [1.29, 1.82) is 0 Å². The largest absolute Gasteiger partial charge is 0.379 e. The molecule has 2 aromatic carbocycles. The van der Waals surface area contributed by atoms with Crippen LogP contribution in [-0.2, 0) is 17.9 Å². The first kappa shape index (κ1) is 12.1. The zero-order valence-corrected chi connectivity index (χ0v) is 11.0. The van der Waals surface area contributed by atoms with Crippen molar-refractivity contribution in [3.63, 3.8) is 0 Å². The Kier molecular flexibility index (Phi) is 3.13. The van der Waals surface area contributed by atoms with E-state index in [4.69, 9.17) is 11.6 Å². The molecule has 1 heterocycles. The van der Waals surface area contributed by atoms with Crippen molar-refractivity contribution in [2.75, 3.05) is 10.2 Å². The van der Waals surface area contributed by atoms with E-state index in [1.807, 2.05) is 24.3 Å². The van der Waals surface area contributed by atoms with Crippen LogP contribution in [0.3, 0.4) is 0 Å². The molecular weight excluding hydrogens is 260 g/mol. The molecule has 19 heavy (non-hydrogen) atoms. The Labute approximate surface area is 116 Å². The summed E-state index contributed by atoms with van der Waals surface area (Å²) in [5, 5.41) is 4.00. The van der Waals surface area contributed by atoms with Gasteiger partial charge in [0, 0.05) is 11.6 Å². The SMILES string of the molecule is O=CN1Cc2ccccc2CNc2cc(Cl)ccc21. The molecule has 1 amide bonds. The summed E-state index contributed by atoms with van der Waals surface area (Å²) in [5.41, 5.74) is 4.09. The molecule has 3 rings (SSSR count). The molecule has 1 aliphatic rings. The third-order valence-electron chi connectivity index (χ3n) is 3.32. The monoisotopic (exact) mass is 272 g/mol. The van der Waals surface area contributed by atoms with Crippen LogP contribution in [-0.4, -0.2) is 6.41 Å². The highest BCUT2D eigenvalue weighted by Crippen LogP contribution is 2.32. The van der Waals surface area contributed by atoms with Crippen LogP contribution in [0, 0.1) is 0 Å². The second kappa shape index (κ2) is 4.94. The molecule has 1 aliphatic heterocycles. The Morgan fingerprint density at radius 1 is 1.16 bits per heavy atom. The van der Waals surface area contributed by atoms with Crippen LogP contribution in [0.25, 0.3) is 0 Å². The molecule has 0 bridgehead atoms. The normalized spacial score (nSPS) is 13.6. The molecule has 96 valence electrons. The lowest BCUT2D eigenvalue weighted by Gasteiger charge is -2.26. The summed E-state index contributed by atoms with van der Waals surface area (Å²) in [6.07, 6.45) is 0.858. The zero-order chi connectivity index (χ0) is 13.2. The number of amides is 1. The van der Waals surface area contributed by atoms with Gasteiger partial charge in [-0.3, -0.25) is 4.79 Å². The minimum absolute atomic E-state index is 0.579. The van der Waals surface area contributed by atoms with E-state index in [1.165, 1.54) is 5.56 Å². The van der Waals surface area contributed by atoms with Gasteiger partial charge in [0.05, 0.1) is 17.9 Å². The van der Waals surface area contributed by atoms with E-state index in [0.29, 0.717) is 11.6 Å². The predicted molar refractivity (Wildman–Crippen MR) is 77.5 cm³/mol. The van der Waals surface area contributed by atoms with Crippen LogP contribution in [0.5, 0.6) is 0 Å². The topological polar surface area (TPSA) is 32.3 Å². The number of carbonyl (C=O) groups is 1. The second-order valence-electron chi connectivity index (χ2n) is 4.52. The summed E-state index contributed by atoms with van der Waals surface area (Å²) in [7, 11) is 0. The molecule has 1 N–H and O–H groups in total. The van der Waals surface area contributed by atoms with Gasteiger partial charge >= 0.3 is 0 Å². The molecule has 0 fully saturated rings. The van der Waals surface area contributed by atoms with Crippen molar-refractivity contribution in [2.45, 2.75) is 13.1 Å². The van der Waals surface area contributed by atoms with E-state index in [0.717, 1.165) is 29.9 Å². The fourth-order valence-electron chi connectivity index (χ4n) is 2.34. The summed E-state index contributed by atoms with van der Waals surface area (Å²) < 4.78 is 0. The molecule has 0 radical (unpaired) electrons. The minimum Gasteiger partial charge on any atom is -0.379 e. The number of hydrogen-bond donors (Lipinski definition) is 1. The van der Waals surface area contributed by atoms with Gasteiger partial charge in [-0.1, -0.05) is 35.9 Å². The molecule has 0 spiro atoms. The number of halogens is 1. The third kappa shape index (κ3) is 2.29. The number of hydrogen-bond acceptors (Lipinski definition) is 2. The van der Waals surface area contributed by atoms with E-state index in [-0.39, 0.29) is 0 Å². The molecule has 0 saturated carbocycles. The fourth-order valence-corrected chi connectivity index (χ4v) is 2.51. The molecule has 4 heteroatoms. The minimum atomic E-state index is 0.579. The van der Waals surface area contributed by atoms with Crippen molar-refractivity contribution < 1.29 is 4.79 Å². The van der Waals surface area contributed by atoms with E-state index in [1.54, 1.807) is 11.0 Å². The molecule has 0 saturated heterocycles. The van der Waals surface area contributed by atoms with Crippen LogP contribution < -0.4 is 10.2 Å². The lowest BCUT2D eigenvalue weighted by molar-refractivity contribution is -0.107. The second-order valence-corrected chi connectivity index (χ2v) is 4.95. The maximum atomic E-state index is 11.3. The highest BCUT2D eigenvalue weighted by atomic mass is 35.5. The maximum absolute atomic E-state index is 11.3. The average molecular weight is 273 g/mol. The van der Waals surface area contributed by atoms with Crippen molar-refractivity contribution in [3.05, 3.63) is 58.6 Å². The van der Waals surface area contributed by atoms with E-state index >= 15 is 0 Å². The van der Waals surface area contributed by atoms with Crippen LogP contribution in [0.15, 0.2) is 42.5 Å². The maximum Gasteiger partial charge on any atom is 0.214 e. The standard InChI is InChI=1S/C15H13ClN2O/c16-13-5-6-15-14(7-13)17-8-11-3-1-2-4-12(11)9-18(15)10-19/h1-7,10,17H,8-9H2. The number of nitrogens with one attached hydrogen (secondary N) is 1. The molecule has 3 nitrogen and oxygen atoms in total. The first-order valence-electron chi connectivity index (χ1n) is 6.10. The Hall–Kier alpha value is -2.00. The lowest BCUT2D eigenvalue weighted by Crippen LogP contribution is -2.24. The van der Waals surface area contributed by atoms with E-state index in [2.05, 4.69) is 17.4 Å². The summed E-state index contributed by atoms with van der Waals surface area (Å²) >= 11 is 6.02. The fraction of sp³-hybridized carbons (Fsp3) is 0.133. The van der Waals surface area contributed by atoms with Gasteiger partial charge in [0.25, 0.3) is 0 Å². The summed E-state index contributed by atoms with van der Waals surface area (Å²) in [5.74, 6) is 0. The van der Waals surface area contributed by atoms with E-state index < -0.39 is 0 Å². The number of benzene rings is 2. The zero-order valence-electron chi connectivity index (χ0n) is 10.3. The molecular formula is C15H13ClN2O. The number of anilines is 2. The lowest BCUT2D eigenvalue weighted by atomic mass is 10.0. The average Bonchev–Trinajstić information content (AvgIpc) is 2.42. The quantitative estimate of drug-likeness (QED) is 0.807. The van der Waals surface area contributed by atoms with Gasteiger partial charge in [0.15, 0.2) is 0 Å². The van der Waals surface area contributed by atoms with Gasteiger partial charge in [0.1, 0.15) is 0 Å². The first-order valence-corrected chi connectivity index (χ1v) is 6.48. The molecule has 0 aromatic heterocycles. The van der Waals surface area contributed by atoms with Gasteiger partial charge in [-0.05, 0) is 29.3 Å². The molecule has 2 aromatic rings. The number of rotatable bonds is 1. The Bertz CT molecular complexity index is 627. The van der Waals surface area contributed by atoms with Gasteiger partial charge in [-0.25, -0.2) is 0 Å². The number of fused-ring (bicyclic) bond motifs is 2. The summed E-state index contributed by atoms with van der Waals surface area (Å²) in [4.78, 5) is 13.0. The van der Waals surface area contributed by atoms with Crippen molar-refractivity contribution in [2.24, 2.45) is 0 Å². The number of nitrogens with zero attached hydrogens (tertiary/aromatic N) is 1. The van der Waals surface area contributed by atoms with Crippen molar-refractivity contribution in [1.82, 2.24) is 0 Å². The molecule has 0 aliphatic carbocycles. The highest BCUT2D eigenvalue weighted by Gasteiger charge is 2.16. The van der Waals surface area contributed by atoms with E-state index in [9.17, 15) is 4.79 Å². The van der Waals surface area contributed by atoms with Gasteiger partial charge in [-0.15, -0.1) is 0 Å². The molecule has 0 unspecified atom stereocenters. The van der Waals surface area contributed by atoms with Gasteiger partial charge in [0.2, 0.25) is 6.41 Å². The smallest absolute Gasteiger partial charge is 0.214 e. The Balaban J connectivity index is 2.08. The molecule has 0 atom stereocenters. The van der Waals surface area contributed by atoms with Crippen molar-refractivity contribution in [3.8, 4) is 0 Å². The Morgan fingerprint density at radius 3 is 2.74 bits per heavy atom. The van der Waals surface area contributed by atoms with Crippen LogP contribution >= 0.6 is 11.6 Å². The summed E-state index contributed by atoms with van der Waals surface area (Å²) in [6, 6.07) is 13.6. The van der Waals surface area contributed by atoms with Crippen molar-refractivity contribution >= 4 is 29.4 Å².